The minimum atomic E-state index is -0.528. The van der Waals surface area contributed by atoms with Gasteiger partial charge in [-0.25, -0.2) is 4.79 Å². The maximum atomic E-state index is 11.8. The molecule has 0 aliphatic rings. The molecule has 0 aliphatic heterocycles. The highest BCUT2D eigenvalue weighted by molar-refractivity contribution is 5.68. The van der Waals surface area contributed by atoms with Gasteiger partial charge in [-0.1, -0.05) is 24.3 Å². The number of amides is 1. The summed E-state index contributed by atoms with van der Waals surface area (Å²) in [4.78, 5) is 11.8. The molecule has 0 unspecified atom stereocenters. The van der Waals surface area contributed by atoms with Crippen LogP contribution in [0.5, 0.6) is 0 Å². The maximum Gasteiger partial charge on any atom is 0.408 e. The third-order valence-corrected chi connectivity index (χ3v) is 2.67. The minimum Gasteiger partial charge on any atom is -0.444 e. The SMILES string of the molecule is Cc1ccccc1[C@@H](CCO)NC(=O)OC(C)(C)C. The Balaban J connectivity index is 2.79. The van der Waals surface area contributed by atoms with Gasteiger partial charge < -0.3 is 15.2 Å². The number of aliphatic hydroxyl groups excluding tert-OH is 1. The predicted octanol–water partition coefficient (Wildman–Crippen LogP) is 2.94. The Morgan fingerprint density at radius 1 is 1.37 bits per heavy atom. The van der Waals surface area contributed by atoms with Gasteiger partial charge in [-0.15, -0.1) is 0 Å². The standard InChI is InChI=1S/C15H23NO3/c1-11-7-5-6-8-12(11)13(9-10-17)16-14(18)19-15(2,3)4/h5-8,13,17H,9-10H2,1-4H3,(H,16,18)/t13-/m1/s1. The van der Waals surface area contributed by atoms with E-state index in [1.165, 1.54) is 0 Å². The van der Waals surface area contributed by atoms with E-state index in [1.54, 1.807) is 0 Å². The van der Waals surface area contributed by atoms with Gasteiger partial charge in [0.15, 0.2) is 0 Å². The summed E-state index contributed by atoms with van der Waals surface area (Å²) < 4.78 is 5.24. The van der Waals surface area contributed by atoms with Crippen LogP contribution in [-0.4, -0.2) is 23.4 Å². The van der Waals surface area contributed by atoms with E-state index in [4.69, 9.17) is 9.84 Å². The molecule has 1 aromatic rings. The Morgan fingerprint density at radius 3 is 2.53 bits per heavy atom. The van der Waals surface area contributed by atoms with Gasteiger partial charge in [0.05, 0.1) is 6.04 Å². The molecule has 0 spiro atoms. The minimum absolute atomic E-state index is 0.00873. The van der Waals surface area contributed by atoms with Crippen LogP contribution in [0, 0.1) is 6.92 Å². The number of aliphatic hydroxyl groups is 1. The molecule has 0 radical (unpaired) electrons. The van der Waals surface area contributed by atoms with Crippen LogP contribution in [-0.2, 0) is 4.74 Å². The molecule has 106 valence electrons. The van der Waals surface area contributed by atoms with Crippen molar-refractivity contribution < 1.29 is 14.6 Å². The lowest BCUT2D eigenvalue weighted by atomic mass is 9.99. The monoisotopic (exact) mass is 265 g/mol. The Kier molecular flexibility index (Phi) is 5.36. The zero-order chi connectivity index (χ0) is 14.5. The van der Waals surface area contributed by atoms with Crippen LogP contribution in [0.3, 0.4) is 0 Å². The first-order chi connectivity index (χ1) is 8.83. The summed E-state index contributed by atoms with van der Waals surface area (Å²) in [7, 11) is 0. The van der Waals surface area contributed by atoms with Gasteiger partial charge in [0, 0.05) is 6.61 Å². The Morgan fingerprint density at radius 2 is 2.00 bits per heavy atom. The molecular formula is C15H23NO3. The lowest BCUT2D eigenvalue weighted by Gasteiger charge is -2.24. The smallest absolute Gasteiger partial charge is 0.408 e. The molecule has 0 fully saturated rings. The van der Waals surface area contributed by atoms with E-state index in [9.17, 15) is 4.79 Å². The summed E-state index contributed by atoms with van der Waals surface area (Å²) in [5, 5.41) is 12.0. The maximum absolute atomic E-state index is 11.8. The highest BCUT2D eigenvalue weighted by atomic mass is 16.6. The van der Waals surface area contributed by atoms with Crippen LogP contribution in [0.15, 0.2) is 24.3 Å². The van der Waals surface area contributed by atoms with Crippen molar-refractivity contribution in [2.75, 3.05) is 6.61 Å². The van der Waals surface area contributed by atoms with E-state index < -0.39 is 11.7 Å². The Labute approximate surface area is 114 Å². The van der Waals surface area contributed by atoms with Crippen molar-refractivity contribution in [1.29, 1.82) is 0 Å². The number of carbonyl (C=O) groups excluding carboxylic acids is 1. The summed E-state index contributed by atoms with van der Waals surface area (Å²) in [5.74, 6) is 0. The van der Waals surface area contributed by atoms with Gasteiger partial charge in [-0.3, -0.25) is 0 Å². The molecule has 1 aromatic carbocycles. The zero-order valence-electron chi connectivity index (χ0n) is 12.1. The topological polar surface area (TPSA) is 58.6 Å². The zero-order valence-corrected chi connectivity index (χ0v) is 12.1. The van der Waals surface area contributed by atoms with Crippen LogP contribution in [0.2, 0.25) is 0 Å². The number of ether oxygens (including phenoxy) is 1. The predicted molar refractivity (Wildman–Crippen MR) is 75.0 cm³/mol. The molecule has 4 nitrogen and oxygen atoms in total. The first-order valence-electron chi connectivity index (χ1n) is 6.49. The average molecular weight is 265 g/mol. The van der Waals surface area contributed by atoms with Crippen LogP contribution < -0.4 is 5.32 Å². The second kappa shape index (κ2) is 6.57. The third-order valence-electron chi connectivity index (χ3n) is 2.67. The quantitative estimate of drug-likeness (QED) is 0.880. The van der Waals surface area contributed by atoms with Gasteiger partial charge in [0.2, 0.25) is 0 Å². The van der Waals surface area contributed by atoms with Crippen molar-refractivity contribution >= 4 is 6.09 Å². The highest BCUT2D eigenvalue weighted by Crippen LogP contribution is 2.21. The number of alkyl carbamates (subject to hydrolysis) is 1. The van der Waals surface area contributed by atoms with Crippen molar-refractivity contribution in [3.05, 3.63) is 35.4 Å². The number of hydrogen-bond acceptors (Lipinski definition) is 3. The van der Waals surface area contributed by atoms with Crippen LogP contribution in [0.4, 0.5) is 4.79 Å². The molecule has 0 saturated heterocycles. The summed E-state index contributed by atoms with van der Waals surface area (Å²) in [6.45, 7) is 7.45. The van der Waals surface area contributed by atoms with Gasteiger partial charge in [-0.2, -0.15) is 0 Å². The van der Waals surface area contributed by atoms with E-state index in [1.807, 2.05) is 52.0 Å². The molecule has 4 heteroatoms. The first kappa shape index (κ1) is 15.5. The van der Waals surface area contributed by atoms with Gasteiger partial charge in [0.25, 0.3) is 0 Å². The fraction of sp³-hybridized carbons (Fsp3) is 0.533. The normalized spacial score (nSPS) is 12.9. The van der Waals surface area contributed by atoms with E-state index in [0.29, 0.717) is 6.42 Å². The van der Waals surface area contributed by atoms with Crippen molar-refractivity contribution in [2.45, 2.75) is 45.8 Å². The van der Waals surface area contributed by atoms with Gasteiger partial charge in [-0.05, 0) is 45.2 Å². The lowest BCUT2D eigenvalue weighted by molar-refractivity contribution is 0.0496. The first-order valence-corrected chi connectivity index (χ1v) is 6.49. The number of rotatable bonds is 4. The molecule has 1 amide bonds. The Bertz CT molecular complexity index is 424. The van der Waals surface area contributed by atoms with Crippen LogP contribution >= 0.6 is 0 Å². The summed E-state index contributed by atoms with van der Waals surface area (Å²) in [6.07, 6.45) is -0.00130. The molecule has 0 heterocycles. The van der Waals surface area contributed by atoms with Crippen molar-refractivity contribution in [1.82, 2.24) is 5.32 Å². The van der Waals surface area contributed by atoms with Crippen molar-refractivity contribution in [2.24, 2.45) is 0 Å². The number of nitrogens with one attached hydrogen (secondary N) is 1. The second-order valence-electron chi connectivity index (χ2n) is 5.57. The van der Waals surface area contributed by atoms with Crippen molar-refractivity contribution in [3.63, 3.8) is 0 Å². The van der Waals surface area contributed by atoms with Gasteiger partial charge >= 0.3 is 6.09 Å². The molecule has 19 heavy (non-hydrogen) atoms. The molecule has 1 rings (SSSR count). The molecule has 0 aromatic heterocycles. The summed E-state index contributed by atoms with van der Waals surface area (Å²) in [6, 6.07) is 7.57. The largest absolute Gasteiger partial charge is 0.444 e. The average Bonchev–Trinajstić information content (AvgIpc) is 2.26. The summed E-state index contributed by atoms with van der Waals surface area (Å²) >= 11 is 0. The van der Waals surface area contributed by atoms with Crippen LogP contribution in [0.25, 0.3) is 0 Å². The molecule has 1 atom stereocenters. The number of benzene rings is 1. The Hall–Kier alpha value is -1.55. The molecule has 0 aliphatic carbocycles. The van der Waals surface area contributed by atoms with E-state index in [-0.39, 0.29) is 12.6 Å². The number of carbonyl (C=O) groups is 1. The number of aryl methyl sites for hydroxylation is 1. The molecule has 2 N–H and O–H groups in total. The molecular weight excluding hydrogens is 242 g/mol. The fourth-order valence-electron chi connectivity index (χ4n) is 1.86. The molecule has 0 bridgehead atoms. The van der Waals surface area contributed by atoms with E-state index in [2.05, 4.69) is 5.32 Å². The van der Waals surface area contributed by atoms with Crippen LogP contribution in [0.1, 0.15) is 44.4 Å². The van der Waals surface area contributed by atoms with E-state index in [0.717, 1.165) is 11.1 Å². The highest BCUT2D eigenvalue weighted by Gasteiger charge is 2.20. The third kappa shape index (κ3) is 5.30. The second-order valence-corrected chi connectivity index (χ2v) is 5.57. The fourth-order valence-corrected chi connectivity index (χ4v) is 1.86. The van der Waals surface area contributed by atoms with Gasteiger partial charge in [0.1, 0.15) is 5.60 Å². The van der Waals surface area contributed by atoms with Crippen molar-refractivity contribution in [3.8, 4) is 0 Å². The van der Waals surface area contributed by atoms with E-state index >= 15 is 0 Å². The summed E-state index contributed by atoms with van der Waals surface area (Å²) in [5.41, 5.74) is 1.55. The number of hydrogen-bond donors (Lipinski definition) is 2. The molecule has 0 saturated carbocycles. The lowest BCUT2D eigenvalue weighted by Crippen LogP contribution is -2.35.